The molecule has 1 rings (SSSR count). The van der Waals surface area contributed by atoms with E-state index in [1.807, 2.05) is 0 Å². The molecule has 1 amide bonds. The zero-order valence-electron chi connectivity index (χ0n) is 10.5. The number of carbonyl (C=O) groups is 2. The van der Waals surface area contributed by atoms with Gasteiger partial charge in [-0.25, -0.2) is 13.6 Å². The van der Waals surface area contributed by atoms with Crippen LogP contribution in [0, 0.1) is 11.6 Å². The van der Waals surface area contributed by atoms with E-state index in [1.165, 1.54) is 6.92 Å². The van der Waals surface area contributed by atoms with E-state index >= 15 is 0 Å². The molecule has 0 aromatic heterocycles. The molecule has 0 radical (unpaired) electrons. The van der Waals surface area contributed by atoms with E-state index in [2.05, 4.69) is 5.32 Å². The van der Waals surface area contributed by atoms with Crippen LogP contribution in [0.5, 0.6) is 0 Å². The maximum Gasteiger partial charge on any atom is 0.341 e. The molecule has 0 heterocycles. The molecule has 1 aromatic carbocycles. The summed E-state index contributed by atoms with van der Waals surface area (Å²) in [4.78, 5) is 23.0. The molecule has 0 saturated carbocycles. The monoisotopic (exact) mass is 272 g/mol. The van der Waals surface area contributed by atoms with Crippen molar-refractivity contribution < 1.29 is 23.1 Å². The lowest BCUT2D eigenvalue weighted by Crippen LogP contribution is -2.35. The van der Waals surface area contributed by atoms with Crippen LogP contribution in [0.1, 0.15) is 24.2 Å². The average Bonchev–Trinajstić information content (AvgIpc) is 2.33. The van der Waals surface area contributed by atoms with Crippen LogP contribution in [-0.2, 0) is 9.53 Å². The molecule has 3 N–H and O–H groups in total. The second kappa shape index (κ2) is 6.12. The fraction of sp³-hybridized carbons (Fsp3) is 0.333. The first kappa shape index (κ1) is 14.9. The number of ether oxygens (including phenoxy) is 1. The lowest BCUT2D eigenvalue weighted by atomic mass is 10.2. The molecule has 0 saturated heterocycles. The van der Waals surface area contributed by atoms with E-state index in [0.29, 0.717) is 12.6 Å². The molecule has 5 nitrogen and oxygen atoms in total. The van der Waals surface area contributed by atoms with Crippen molar-refractivity contribution >= 4 is 17.6 Å². The Morgan fingerprint density at radius 2 is 2.00 bits per heavy atom. The van der Waals surface area contributed by atoms with Crippen LogP contribution in [0.4, 0.5) is 14.5 Å². The summed E-state index contributed by atoms with van der Waals surface area (Å²) in [6, 6.07) is 1.32. The van der Waals surface area contributed by atoms with Gasteiger partial charge >= 0.3 is 5.97 Å². The maximum atomic E-state index is 13.4. The highest BCUT2D eigenvalue weighted by Crippen LogP contribution is 2.18. The van der Waals surface area contributed by atoms with Gasteiger partial charge in [0.25, 0.3) is 5.91 Å². The van der Waals surface area contributed by atoms with E-state index in [0.717, 1.165) is 6.07 Å². The van der Waals surface area contributed by atoms with Crippen LogP contribution >= 0.6 is 0 Å². The van der Waals surface area contributed by atoms with Crippen LogP contribution in [0.3, 0.4) is 0 Å². The highest BCUT2D eigenvalue weighted by molar-refractivity contribution is 5.93. The molecule has 0 fully saturated rings. The number of halogens is 2. The van der Waals surface area contributed by atoms with Crippen molar-refractivity contribution in [3.05, 3.63) is 29.3 Å². The predicted octanol–water partition coefficient (Wildman–Crippen LogP) is 1.23. The minimum Gasteiger partial charge on any atom is -0.449 e. The van der Waals surface area contributed by atoms with Gasteiger partial charge < -0.3 is 15.8 Å². The fourth-order valence-corrected chi connectivity index (χ4v) is 1.32. The van der Waals surface area contributed by atoms with Gasteiger partial charge in [0.05, 0.1) is 11.3 Å². The van der Waals surface area contributed by atoms with Crippen molar-refractivity contribution in [1.29, 1.82) is 0 Å². The van der Waals surface area contributed by atoms with Crippen molar-refractivity contribution in [2.75, 3.05) is 12.3 Å². The third kappa shape index (κ3) is 3.64. The van der Waals surface area contributed by atoms with Gasteiger partial charge in [-0.05, 0) is 19.9 Å². The van der Waals surface area contributed by atoms with E-state index in [9.17, 15) is 18.4 Å². The lowest BCUT2D eigenvalue weighted by molar-refractivity contribution is -0.128. The Balaban J connectivity index is 2.84. The van der Waals surface area contributed by atoms with Gasteiger partial charge in [0.1, 0.15) is 11.6 Å². The summed E-state index contributed by atoms with van der Waals surface area (Å²) in [5.74, 6) is -3.65. The first-order valence-electron chi connectivity index (χ1n) is 5.60. The largest absolute Gasteiger partial charge is 0.449 e. The van der Waals surface area contributed by atoms with Crippen LogP contribution in [0.2, 0.25) is 0 Å². The lowest BCUT2D eigenvalue weighted by Gasteiger charge is -2.13. The summed E-state index contributed by atoms with van der Waals surface area (Å²) in [5.41, 5.74) is 4.34. The number of likely N-dealkylation sites (N-methyl/N-ethyl adjacent to an activating group) is 1. The highest BCUT2D eigenvalue weighted by atomic mass is 19.1. The Hall–Kier alpha value is -2.18. The summed E-state index contributed by atoms with van der Waals surface area (Å²) < 4.78 is 31.1. The van der Waals surface area contributed by atoms with Gasteiger partial charge in [0, 0.05) is 12.6 Å². The Bertz CT molecular complexity index is 506. The molecule has 1 atom stereocenters. The molecule has 0 aliphatic heterocycles. The molecule has 0 bridgehead atoms. The van der Waals surface area contributed by atoms with E-state index < -0.39 is 35.2 Å². The van der Waals surface area contributed by atoms with Crippen LogP contribution in [0.25, 0.3) is 0 Å². The van der Waals surface area contributed by atoms with Gasteiger partial charge in [-0.15, -0.1) is 0 Å². The van der Waals surface area contributed by atoms with Crippen molar-refractivity contribution in [1.82, 2.24) is 5.32 Å². The third-order valence-corrected chi connectivity index (χ3v) is 2.31. The molecule has 0 aliphatic rings. The van der Waals surface area contributed by atoms with Gasteiger partial charge in [-0.2, -0.15) is 0 Å². The van der Waals surface area contributed by atoms with Crippen LogP contribution in [0.15, 0.2) is 12.1 Å². The second-order valence-electron chi connectivity index (χ2n) is 3.80. The van der Waals surface area contributed by atoms with Crippen molar-refractivity contribution in [2.45, 2.75) is 20.0 Å². The number of anilines is 1. The van der Waals surface area contributed by atoms with Gasteiger partial charge in [0.2, 0.25) is 0 Å². The number of esters is 1. The SMILES string of the molecule is CCNC(=O)C(C)OC(=O)c1cc(N)c(F)cc1F. The number of hydrogen-bond donors (Lipinski definition) is 2. The summed E-state index contributed by atoms with van der Waals surface area (Å²) in [6.45, 7) is 3.42. The standard InChI is InChI=1S/C12H14F2N2O3/c1-3-16-11(17)6(2)19-12(18)7-4-10(15)9(14)5-8(7)13/h4-6H,3,15H2,1-2H3,(H,16,17). The first-order valence-corrected chi connectivity index (χ1v) is 5.60. The molecule has 7 heteroatoms. The predicted molar refractivity (Wildman–Crippen MR) is 64.3 cm³/mol. The molecular formula is C12H14F2N2O3. The Kier molecular flexibility index (Phi) is 4.80. The number of nitrogens with two attached hydrogens (primary N) is 1. The van der Waals surface area contributed by atoms with Crippen LogP contribution < -0.4 is 11.1 Å². The minimum absolute atomic E-state index is 0.374. The Morgan fingerprint density at radius 1 is 1.37 bits per heavy atom. The third-order valence-electron chi connectivity index (χ3n) is 2.31. The molecular weight excluding hydrogens is 258 g/mol. The van der Waals surface area contributed by atoms with Crippen molar-refractivity contribution in [3.8, 4) is 0 Å². The summed E-state index contributed by atoms with van der Waals surface area (Å²) in [5, 5.41) is 2.44. The van der Waals surface area contributed by atoms with Crippen molar-refractivity contribution in [2.24, 2.45) is 0 Å². The molecule has 0 aliphatic carbocycles. The zero-order valence-corrected chi connectivity index (χ0v) is 10.5. The fourth-order valence-electron chi connectivity index (χ4n) is 1.32. The highest BCUT2D eigenvalue weighted by Gasteiger charge is 2.21. The number of nitrogens with one attached hydrogen (secondary N) is 1. The van der Waals surface area contributed by atoms with Gasteiger partial charge in [-0.3, -0.25) is 4.79 Å². The molecule has 0 spiro atoms. The number of carbonyl (C=O) groups excluding carboxylic acids is 2. The van der Waals surface area contributed by atoms with Crippen LogP contribution in [-0.4, -0.2) is 24.5 Å². The summed E-state index contributed by atoms with van der Waals surface area (Å²) >= 11 is 0. The molecule has 1 aromatic rings. The van der Waals surface area contributed by atoms with E-state index in [4.69, 9.17) is 10.5 Å². The summed E-state index contributed by atoms with van der Waals surface area (Å²) in [7, 11) is 0. The number of rotatable bonds is 4. The second-order valence-corrected chi connectivity index (χ2v) is 3.80. The smallest absolute Gasteiger partial charge is 0.341 e. The topological polar surface area (TPSA) is 81.4 Å². The molecule has 19 heavy (non-hydrogen) atoms. The minimum atomic E-state index is -1.10. The zero-order chi connectivity index (χ0) is 14.6. The number of hydrogen-bond acceptors (Lipinski definition) is 4. The van der Waals surface area contributed by atoms with E-state index in [-0.39, 0.29) is 5.69 Å². The maximum absolute atomic E-state index is 13.4. The first-order chi connectivity index (χ1) is 8.86. The van der Waals surface area contributed by atoms with Gasteiger partial charge in [0.15, 0.2) is 6.10 Å². The Morgan fingerprint density at radius 3 is 2.58 bits per heavy atom. The van der Waals surface area contributed by atoms with Crippen molar-refractivity contribution in [3.63, 3.8) is 0 Å². The number of amides is 1. The normalized spacial score (nSPS) is 11.8. The van der Waals surface area contributed by atoms with E-state index in [1.54, 1.807) is 6.92 Å². The number of benzene rings is 1. The van der Waals surface area contributed by atoms with Gasteiger partial charge in [-0.1, -0.05) is 0 Å². The molecule has 1 unspecified atom stereocenters. The molecule has 104 valence electrons. The average molecular weight is 272 g/mol. The Labute approximate surface area is 108 Å². The number of nitrogen functional groups attached to an aromatic ring is 1. The summed E-state index contributed by atoms with van der Waals surface area (Å²) in [6.07, 6.45) is -1.09. The quantitative estimate of drug-likeness (QED) is 0.638.